The zero-order chi connectivity index (χ0) is 24.6. The number of fused-ring (bicyclic) bond motifs is 1. The third-order valence-corrected chi connectivity index (χ3v) is 6.06. The molecule has 34 heavy (non-hydrogen) atoms. The van der Waals surface area contributed by atoms with Crippen molar-refractivity contribution in [2.75, 3.05) is 24.5 Å². The van der Waals surface area contributed by atoms with Gasteiger partial charge in [-0.2, -0.15) is 0 Å². The number of carbonyl (C=O) groups is 2. The molecule has 0 radical (unpaired) electrons. The maximum atomic E-state index is 12.8. The van der Waals surface area contributed by atoms with Crippen LogP contribution in [0.15, 0.2) is 29.2 Å². The third-order valence-electron chi connectivity index (χ3n) is 6.06. The standard InChI is InChI=1S/C22H25F2N7O3/c1-12-8-15(22(34)29(3)13(12)2)20(32)27-14-6-7-30(11-14)19-5-4-18-25-9-16(31(18)28-19)21(33)26-10-17(23)24/h4-5,8-9,14,17H,6-7,10-11H2,1-3H3,(H,26,33)(H,27,32)/t14-/m0/s1. The minimum absolute atomic E-state index is 0.0483. The summed E-state index contributed by atoms with van der Waals surface area (Å²) in [5, 5.41) is 9.52. The van der Waals surface area contributed by atoms with Gasteiger partial charge in [0.15, 0.2) is 11.3 Å². The first-order valence-electron chi connectivity index (χ1n) is 10.8. The van der Waals surface area contributed by atoms with Gasteiger partial charge in [-0.3, -0.25) is 14.4 Å². The second-order valence-electron chi connectivity index (χ2n) is 8.30. The van der Waals surface area contributed by atoms with Crippen LogP contribution in [0.25, 0.3) is 5.65 Å². The van der Waals surface area contributed by atoms with Crippen LogP contribution in [0.1, 0.15) is 38.5 Å². The van der Waals surface area contributed by atoms with E-state index < -0.39 is 24.8 Å². The van der Waals surface area contributed by atoms with Crippen molar-refractivity contribution in [2.45, 2.75) is 32.7 Å². The van der Waals surface area contributed by atoms with Crippen molar-refractivity contribution >= 4 is 23.3 Å². The van der Waals surface area contributed by atoms with Crippen LogP contribution in [0.2, 0.25) is 0 Å². The zero-order valence-corrected chi connectivity index (χ0v) is 19.0. The Balaban J connectivity index is 1.48. The molecule has 0 aliphatic carbocycles. The Morgan fingerprint density at radius 3 is 2.74 bits per heavy atom. The van der Waals surface area contributed by atoms with Crippen LogP contribution in [-0.4, -0.2) is 63.1 Å². The van der Waals surface area contributed by atoms with Gasteiger partial charge in [0.2, 0.25) is 0 Å². The molecule has 1 aliphatic rings. The Labute approximate surface area is 193 Å². The Kier molecular flexibility index (Phi) is 6.31. The van der Waals surface area contributed by atoms with Crippen LogP contribution in [0.5, 0.6) is 0 Å². The first-order chi connectivity index (χ1) is 16.2. The van der Waals surface area contributed by atoms with Gasteiger partial charge in [0.25, 0.3) is 23.8 Å². The van der Waals surface area contributed by atoms with Gasteiger partial charge in [0.05, 0.1) is 12.7 Å². The SMILES string of the molecule is Cc1cc(C(=O)N[C@H]2CCN(c3ccc4ncc(C(=O)NCC(F)F)n4n3)C2)c(=O)n(C)c1C. The topological polar surface area (TPSA) is 114 Å². The van der Waals surface area contributed by atoms with E-state index in [0.29, 0.717) is 31.0 Å². The van der Waals surface area contributed by atoms with Gasteiger partial charge < -0.3 is 20.1 Å². The lowest BCUT2D eigenvalue weighted by Gasteiger charge is -2.18. The lowest BCUT2D eigenvalue weighted by molar-refractivity contribution is 0.0884. The van der Waals surface area contributed by atoms with E-state index in [-0.39, 0.29) is 22.9 Å². The molecular formula is C22H25F2N7O3. The molecule has 0 bridgehead atoms. The number of amides is 2. The molecule has 3 aromatic heterocycles. The highest BCUT2D eigenvalue weighted by Gasteiger charge is 2.27. The van der Waals surface area contributed by atoms with E-state index in [0.717, 1.165) is 11.3 Å². The molecular weight excluding hydrogens is 448 g/mol. The highest BCUT2D eigenvalue weighted by atomic mass is 19.3. The number of carbonyl (C=O) groups excluding carboxylic acids is 2. The van der Waals surface area contributed by atoms with Gasteiger partial charge in [-0.25, -0.2) is 18.3 Å². The molecule has 3 aromatic rings. The number of anilines is 1. The fraction of sp³-hybridized carbons (Fsp3) is 0.409. The van der Waals surface area contributed by atoms with Crippen molar-refractivity contribution in [2.24, 2.45) is 7.05 Å². The lowest BCUT2D eigenvalue weighted by atomic mass is 10.1. The Hall–Kier alpha value is -3.83. The van der Waals surface area contributed by atoms with Gasteiger partial charge in [-0.05, 0) is 44.0 Å². The summed E-state index contributed by atoms with van der Waals surface area (Å²) in [7, 11) is 1.64. The molecule has 1 fully saturated rings. The minimum atomic E-state index is -2.66. The number of imidazole rings is 1. The first kappa shape index (κ1) is 23.3. The molecule has 4 rings (SSSR count). The monoisotopic (exact) mass is 473 g/mol. The van der Waals surface area contributed by atoms with Crippen LogP contribution >= 0.6 is 0 Å². The number of hydrogen-bond donors (Lipinski definition) is 2. The van der Waals surface area contributed by atoms with E-state index in [2.05, 4.69) is 20.7 Å². The third kappa shape index (κ3) is 4.47. The molecule has 0 unspecified atom stereocenters. The number of pyridine rings is 1. The van der Waals surface area contributed by atoms with Crippen LogP contribution in [0.4, 0.5) is 14.6 Å². The fourth-order valence-electron chi connectivity index (χ4n) is 3.94. The van der Waals surface area contributed by atoms with E-state index in [1.54, 1.807) is 25.2 Å². The zero-order valence-electron chi connectivity index (χ0n) is 19.0. The number of rotatable bonds is 6. The van der Waals surface area contributed by atoms with Crippen LogP contribution in [-0.2, 0) is 7.05 Å². The van der Waals surface area contributed by atoms with Gasteiger partial charge in [0.1, 0.15) is 11.4 Å². The number of halogens is 2. The minimum Gasteiger partial charge on any atom is -0.353 e. The van der Waals surface area contributed by atoms with Crippen molar-refractivity contribution in [3.63, 3.8) is 0 Å². The Bertz CT molecular complexity index is 1320. The summed E-state index contributed by atoms with van der Waals surface area (Å²) in [6, 6.07) is 4.83. The molecule has 4 heterocycles. The van der Waals surface area contributed by atoms with Crippen molar-refractivity contribution < 1.29 is 18.4 Å². The molecule has 180 valence electrons. The molecule has 0 spiro atoms. The average molecular weight is 473 g/mol. The Morgan fingerprint density at radius 1 is 1.24 bits per heavy atom. The number of aromatic nitrogens is 4. The molecule has 2 N–H and O–H groups in total. The summed E-state index contributed by atoms with van der Waals surface area (Å²) >= 11 is 0. The Morgan fingerprint density at radius 2 is 2.00 bits per heavy atom. The molecule has 2 amide bonds. The molecule has 1 aliphatic heterocycles. The summed E-state index contributed by atoms with van der Waals surface area (Å²) in [6.45, 7) is 3.96. The second-order valence-corrected chi connectivity index (χ2v) is 8.30. The van der Waals surface area contributed by atoms with Crippen molar-refractivity contribution in [1.82, 2.24) is 29.8 Å². The smallest absolute Gasteiger partial charge is 0.271 e. The van der Waals surface area contributed by atoms with Crippen molar-refractivity contribution in [1.29, 1.82) is 0 Å². The van der Waals surface area contributed by atoms with Crippen LogP contribution < -0.4 is 21.1 Å². The van der Waals surface area contributed by atoms with Gasteiger partial charge in [-0.1, -0.05) is 0 Å². The molecule has 12 heteroatoms. The quantitative estimate of drug-likeness (QED) is 0.553. The predicted octanol–water partition coefficient (Wildman–Crippen LogP) is 1.05. The molecule has 10 nitrogen and oxygen atoms in total. The number of nitrogens with one attached hydrogen (secondary N) is 2. The molecule has 1 atom stereocenters. The fourth-order valence-corrected chi connectivity index (χ4v) is 3.94. The first-order valence-corrected chi connectivity index (χ1v) is 10.8. The average Bonchev–Trinajstić information content (AvgIpc) is 3.45. The summed E-state index contributed by atoms with van der Waals surface area (Å²) in [4.78, 5) is 43.6. The van der Waals surface area contributed by atoms with E-state index >= 15 is 0 Å². The summed E-state index contributed by atoms with van der Waals surface area (Å²) in [5.41, 5.74) is 1.86. The second kappa shape index (κ2) is 9.20. The molecule has 0 saturated carbocycles. The highest BCUT2D eigenvalue weighted by molar-refractivity contribution is 5.94. The van der Waals surface area contributed by atoms with Gasteiger partial charge >= 0.3 is 0 Å². The summed E-state index contributed by atoms with van der Waals surface area (Å²) in [5.74, 6) is -0.571. The van der Waals surface area contributed by atoms with Crippen LogP contribution in [0.3, 0.4) is 0 Å². The number of aryl methyl sites for hydroxylation is 1. The maximum absolute atomic E-state index is 12.8. The van der Waals surface area contributed by atoms with Gasteiger partial charge in [-0.15, -0.1) is 5.10 Å². The lowest BCUT2D eigenvalue weighted by Crippen LogP contribution is -2.40. The van der Waals surface area contributed by atoms with Crippen molar-refractivity contribution in [3.05, 3.63) is 57.3 Å². The highest BCUT2D eigenvalue weighted by Crippen LogP contribution is 2.19. The summed E-state index contributed by atoms with van der Waals surface area (Å²) in [6.07, 6.45) is -0.737. The number of hydrogen-bond acceptors (Lipinski definition) is 6. The van der Waals surface area contributed by atoms with Crippen molar-refractivity contribution in [3.8, 4) is 0 Å². The molecule has 1 saturated heterocycles. The largest absolute Gasteiger partial charge is 0.353 e. The van der Waals surface area contributed by atoms with E-state index in [1.807, 2.05) is 18.7 Å². The normalized spacial score (nSPS) is 15.8. The molecule has 0 aromatic carbocycles. The van der Waals surface area contributed by atoms with Crippen LogP contribution in [0, 0.1) is 13.8 Å². The maximum Gasteiger partial charge on any atom is 0.271 e. The predicted molar refractivity (Wildman–Crippen MR) is 121 cm³/mol. The summed E-state index contributed by atoms with van der Waals surface area (Å²) < 4.78 is 27.6. The van der Waals surface area contributed by atoms with E-state index in [9.17, 15) is 23.2 Å². The van der Waals surface area contributed by atoms with E-state index in [4.69, 9.17) is 0 Å². The van der Waals surface area contributed by atoms with E-state index in [1.165, 1.54) is 15.3 Å². The van der Waals surface area contributed by atoms with Gasteiger partial charge in [0, 0.05) is 31.9 Å². The number of nitrogens with zero attached hydrogens (tertiary/aromatic N) is 5. The number of alkyl halides is 2.